The molecule has 0 amide bonds. The largest absolute Gasteiger partial charge is 0.382 e. The Bertz CT molecular complexity index is 651. The Labute approximate surface area is 153 Å². The molecule has 1 heterocycles. The Morgan fingerprint density at radius 1 is 1.15 bits per heavy atom. The van der Waals surface area contributed by atoms with Crippen molar-refractivity contribution in [3.63, 3.8) is 0 Å². The van der Waals surface area contributed by atoms with Crippen LogP contribution in [0.4, 0.5) is 8.78 Å². The van der Waals surface area contributed by atoms with Gasteiger partial charge in [-0.2, -0.15) is 5.10 Å². The number of nitrogens with zero attached hydrogens (tertiary/aromatic N) is 3. The highest BCUT2D eigenvalue weighted by molar-refractivity contribution is 5.25. The number of aliphatic hydroxyl groups is 1. The van der Waals surface area contributed by atoms with Crippen LogP contribution in [0.5, 0.6) is 0 Å². The van der Waals surface area contributed by atoms with E-state index < -0.39 is 17.2 Å². The molecule has 26 heavy (non-hydrogen) atoms. The van der Waals surface area contributed by atoms with E-state index in [-0.39, 0.29) is 18.7 Å². The van der Waals surface area contributed by atoms with Crippen molar-refractivity contribution in [3.8, 4) is 0 Å². The lowest BCUT2D eigenvalue weighted by atomic mass is 9.92. The fourth-order valence-corrected chi connectivity index (χ4v) is 3.01. The Hall–Kier alpha value is -1.86. The van der Waals surface area contributed by atoms with E-state index in [4.69, 9.17) is 0 Å². The first-order valence-corrected chi connectivity index (χ1v) is 9.26. The topological polar surface area (TPSA) is 63.0 Å². The van der Waals surface area contributed by atoms with E-state index in [9.17, 15) is 13.9 Å². The molecule has 1 aromatic heterocycles. The predicted molar refractivity (Wildman–Crippen MR) is 96.5 cm³/mol. The lowest BCUT2D eigenvalue weighted by Crippen LogP contribution is -2.43. The van der Waals surface area contributed by atoms with Crippen molar-refractivity contribution in [2.75, 3.05) is 13.1 Å². The summed E-state index contributed by atoms with van der Waals surface area (Å²) in [5, 5.41) is 18.3. The van der Waals surface area contributed by atoms with Crippen LogP contribution in [0.15, 0.2) is 30.9 Å². The van der Waals surface area contributed by atoms with Gasteiger partial charge in [-0.1, -0.05) is 45.1 Å². The van der Waals surface area contributed by atoms with Gasteiger partial charge in [-0.05, 0) is 19.0 Å². The zero-order chi connectivity index (χ0) is 18.8. The minimum absolute atomic E-state index is 0.0268. The summed E-state index contributed by atoms with van der Waals surface area (Å²) < 4.78 is 28.9. The van der Waals surface area contributed by atoms with Crippen LogP contribution in [0.3, 0.4) is 0 Å². The fraction of sp³-hybridized carbons (Fsp3) is 0.579. The van der Waals surface area contributed by atoms with Crippen LogP contribution in [0, 0.1) is 11.6 Å². The molecule has 0 saturated heterocycles. The molecule has 0 bridgehead atoms. The molecule has 0 radical (unpaired) electrons. The van der Waals surface area contributed by atoms with Gasteiger partial charge in [0.1, 0.15) is 29.9 Å². The average molecular weight is 366 g/mol. The van der Waals surface area contributed by atoms with Crippen LogP contribution in [0.2, 0.25) is 0 Å². The van der Waals surface area contributed by atoms with Gasteiger partial charge in [0.15, 0.2) is 0 Å². The summed E-state index contributed by atoms with van der Waals surface area (Å²) in [5.74, 6) is -1.44. The zero-order valence-electron chi connectivity index (χ0n) is 15.3. The smallest absolute Gasteiger partial charge is 0.137 e. The summed E-state index contributed by atoms with van der Waals surface area (Å²) in [4.78, 5) is 3.85. The minimum Gasteiger partial charge on any atom is -0.382 e. The van der Waals surface area contributed by atoms with Gasteiger partial charge in [0.2, 0.25) is 0 Å². The molecule has 2 rings (SSSR count). The van der Waals surface area contributed by atoms with Crippen LogP contribution in [0.1, 0.15) is 51.0 Å². The second kappa shape index (κ2) is 10.3. The molecule has 2 N–H and O–H groups in total. The number of nitrogens with one attached hydrogen (secondary N) is 1. The number of benzene rings is 1. The van der Waals surface area contributed by atoms with Crippen molar-refractivity contribution < 1.29 is 13.9 Å². The fourth-order valence-electron chi connectivity index (χ4n) is 3.01. The van der Waals surface area contributed by atoms with Gasteiger partial charge in [-0.3, -0.25) is 0 Å². The van der Waals surface area contributed by atoms with Crippen molar-refractivity contribution in [1.29, 1.82) is 0 Å². The second-order valence-electron chi connectivity index (χ2n) is 6.69. The van der Waals surface area contributed by atoms with Crippen molar-refractivity contribution in [3.05, 3.63) is 48.1 Å². The highest BCUT2D eigenvalue weighted by atomic mass is 19.1. The van der Waals surface area contributed by atoms with Gasteiger partial charge in [0, 0.05) is 18.2 Å². The molecule has 1 atom stereocenters. The average Bonchev–Trinajstić information content (AvgIpc) is 3.09. The number of hydrogen-bond donors (Lipinski definition) is 2. The van der Waals surface area contributed by atoms with Gasteiger partial charge < -0.3 is 10.4 Å². The minimum atomic E-state index is -1.55. The standard InChI is InChI=1S/C19H28F2N4O/c1-2-3-4-5-6-7-10-22-12-19(26,13-25-15-23-14-24-25)17-9-8-16(20)11-18(17)21/h8-9,11,14-15,22,26H,2-7,10,12-13H2,1H3. The van der Waals surface area contributed by atoms with Gasteiger partial charge in [0.05, 0.1) is 6.54 Å². The molecule has 0 saturated carbocycles. The third-order valence-electron chi connectivity index (χ3n) is 4.45. The molecular formula is C19H28F2N4O. The van der Waals surface area contributed by atoms with Gasteiger partial charge in [0.25, 0.3) is 0 Å². The molecule has 0 aliphatic heterocycles. The molecule has 7 heteroatoms. The Morgan fingerprint density at radius 2 is 1.92 bits per heavy atom. The molecule has 5 nitrogen and oxygen atoms in total. The normalized spacial score (nSPS) is 13.7. The summed E-state index contributed by atoms with van der Waals surface area (Å²) in [7, 11) is 0. The van der Waals surface area contributed by atoms with Gasteiger partial charge in [-0.15, -0.1) is 0 Å². The van der Waals surface area contributed by atoms with Gasteiger partial charge >= 0.3 is 0 Å². The van der Waals surface area contributed by atoms with E-state index in [0.717, 1.165) is 31.5 Å². The Balaban J connectivity index is 1.95. The molecule has 1 aromatic carbocycles. The maximum Gasteiger partial charge on any atom is 0.137 e. The van der Waals surface area contributed by atoms with Crippen molar-refractivity contribution in [1.82, 2.24) is 20.1 Å². The monoisotopic (exact) mass is 366 g/mol. The maximum absolute atomic E-state index is 14.2. The number of unbranched alkanes of at least 4 members (excludes halogenated alkanes) is 5. The van der Waals surface area contributed by atoms with Crippen molar-refractivity contribution in [2.45, 2.75) is 57.6 Å². The first kappa shape index (κ1) is 20.5. The SMILES string of the molecule is CCCCCCCCNCC(O)(Cn1cncn1)c1ccc(F)cc1F. The van der Waals surface area contributed by atoms with E-state index >= 15 is 0 Å². The highest BCUT2D eigenvalue weighted by Gasteiger charge is 2.33. The summed E-state index contributed by atoms with van der Waals surface area (Å²) in [5.41, 5.74) is -1.50. The summed E-state index contributed by atoms with van der Waals surface area (Å²) in [6.07, 6.45) is 9.85. The number of hydrogen-bond acceptors (Lipinski definition) is 4. The Morgan fingerprint density at radius 3 is 2.62 bits per heavy atom. The Kier molecular flexibility index (Phi) is 8.12. The molecule has 1 unspecified atom stereocenters. The van der Waals surface area contributed by atoms with Gasteiger partial charge in [-0.25, -0.2) is 18.4 Å². The first-order chi connectivity index (χ1) is 12.5. The van der Waals surface area contributed by atoms with Crippen molar-refractivity contribution in [2.24, 2.45) is 0 Å². The van der Waals surface area contributed by atoms with E-state index in [2.05, 4.69) is 22.3 Å². The lowest BCUT2D eigenvalue weighted by Gasteiger charge is -2.29. The maximum atomic E-state index is 14.2. The van der Waals surface area contributed by atoms with Crippen molar-refractivity contribution >= 4 is 0 Å². The third kappa shape index (κ3) is 6.14. The van der Waals surface area contributed by atoms with Crippen LogP contribution in [-0.2, 0) is 12.1 Å². The third-order valence-corrected chi connectivity index (χ3v) is 4.45. The molecular weight excluding hydrogens is 338 g/mol. The molecule has 0 spiro atoms. The first-order valence-electron chi connectivity index (χ1n) is 9.26. The van der Waals surface area contributed by atoms with E-state index in [0.29, 0.717) is 0 Å². The number of halogens is 2. The van der Waals surface area contributed by atoms with Crippen LogP contribution in [-0.4, -0.2) is 33.0 Å². The predicted octanol–water partition coefficient (Wildman–Crippen LogP) is 3.39. The summed E-state index contributed by atoms with van der Waals surface area (Å²) in [6, 6.07) is 3.22. The second-order valence-corrected chi connectivity index (χ2v) is 6.69. The van der Waals surface area contributed by atoms with E-state index in [1.165, 1.54) is 49.1 Å². The highest BCUT2D eigenvalue weighted by Crippen LogP contribution is 2.26. The molecule has 2 aromatic rings. The van der Waals surface area contributed by atoms with Crippen LogP contribution >= 0.6 is 0 Å². The summed E-state index contributed by atoms with van der Waals surface area (Å²) in [6.45, 7) is 3.09. The van der Waals surface area contributed by atoms with Crippen LogP contribution < -0.4 is 5.32 Å². The molecule has 0 fully saturated rings. The molecule has 144 valence electrons. The number of rotatable bonds is 12. The summed E-state index contributed by atoms with van der Waals surface area (Å²) >= 11 is 0. The quantitative estimate of drug-likeness (QED) is 0.565. The number of aromatic nitrogens is 3. The molecule has 0 aliphatic carbocycles. The van der Waals surface area contributed by atoms with Crippen LogP contribution in [0.25, 0.3) is 0 Å². The molecule has 0 aliphatic rings. The van der Waals surface area contributed by atoms with E-state index in [1.807, 2.05) is 0 Å². The van der Waals surface area contributed by atoms with E-state index in [1.54, 1.807) is 0 Å². The lowest BCUT2D eigenvalue weighted by molar-refractivity contribution is 0.0121. The zero-order valence-corrected chi connectivity index (χ0v) is 15.3.